The first-order valence-electron chi connectivity index (χ1n) is 7.38. The lowest BCUT2D eigenvalue weighted by atomic mass is 9.99. The standard InChI is InChI=1S/C18H22N2/c1-14-6-2-3-9-17(14)18-10-5-11-20(18)13-15-7-4-8-16(19)12-15/h2-4,6-9,12,18H,5,10-11,13,19H2,1H3. The first kappa shape index (κ1) is 13.2. The summed E-state index contributed by atoms with van der Waals surface area (Å²) in [6, 6.07) is 17.6. The van der Waals surface area contributed by atoms with Gasteiger partial charge in [0.15, 0.2) is 0 Å². The fourth-order valence-corrected chi connectivity index (χ4v) is 3.25. The normalized spacial score (nSPS) is 19.4. The van der Waals surface area contributed by atoms with E-state index in [0.29, 0.717) is 6.04 Å². The summed E-state index contributed by atoms with van der Waals surface area (Å²) in [6.07, 6.45) is 2.54. The Balaban J connectivity index is 1.81. The highest BCUT2D eigenvalue weighted by Crippen LogP contribution is 2.34. The van der Waals surface area contributed by atoms with Crippen LogP contribution in [0.1, 0.15) is 35.6 Å². The lowest BCUT2D eigenvalue weighted by Crippen LogP contribution is -2.23. The second-order valence-corrected chi connectivity index (χ2v) is 5.73. The van der Waals surface area contributed by atoms with Crippen LogP contribution in [-0.4, -0.2) is 11.4 Å². The third kappa shape index (κ3) is 2.70. The van der Waals surface area contributed by atoms with Gasteiger partial charge in [0, 0.05) is 18.3 Å². The van der Waals surface area contributed by atoms with Gasteiger partial charge in [0.25, 0.3) is 0 Å². The molecule has 2 N–H and O–H groups in total. The highest BCUT2D eigenvalue weighted by atomic mass is 15.2. The van der Waals surface area contributed by atoms with Gasteiger partial charge in [-0.3, -0.25) is 4.90 Å². The number of hydrogen-bond acceptors (Lipinski definition) is 2. The van der Waals surface area contributed by atoms with E-state index in [1.807, 2.05) is 12.1 Å². The fraction of sp³-hybridized carbons (Fsp3) is 0.333. The number of aryl methyl sites for hydroxylation is 1. The van der Waals surface area contributed by atoms with Crippen LogP contribution in [-0.2, 0) is 6.54 Å². The number of nitrogen functional groups attached to an aromatic ring is 1. The van der Waals surface area contributed by atoms with Crippen molar-refractivity contribution < 1.29 is 0 Å². The van der Waals surface area contributed by atoms with Crippen LogP contribution < -0.4 is 5.73 Å². The van der Waals surface area contributed by atoms with E-state index in [1.165, 1.54) is 36.1 Å². The van der Waals surface area contributed by atoms with Gasteiger partial charge in [-0.1, -0.05) is 36.4 Å². The lowest BCUT2D eigenvalue weighted by Gasteiger charge is -2.26. The van der Waals surface area contributed by atoms with E-state index in [0.717, 1.165) is 12.2 Å². The van der Waals surface area contributed by atoms with Gasteiger partial charge in [-0.25, -0.2) is 0 Å². The van der Waals surface area contributed by atoms with Crippen molar-refractivity contribution in [1.82, 2.24) is 4.90 Å². The van der Waals surface area contributed by atoms with Gasteiger partial charge in [0.05, 0.1) is 0 Å². The Kier molecular flexibility index (Phi) is 3.75. The molecule has 2 nitrogen and oxygen atoms in total. The predicted molar refractivity (Wildman–Crippen MR) is 84.4 cm³/mol. The summed E-state index contributed by atoms with van der Waals surface area (Å²) >= 11 is 0. The molecule has 20 heavy (non-hydrogen) atoms. The Hall–Kier alpha value is -1.80. The Morgan fingerprint density at radius 3 is 2.80 bits per heavy atom. The maximum Gasteiger partial charge on any atom is 0.0354 e. The van der Waals surface area contributed by atoms with Gasteiger partial charge >= 0.3 is 0 Å². The largest absolute Gasteiger partial charge is 0.399 e. The summed E-state index contributed by atoms with van der Waals surface area (Å²) in [4.78, 5) is 2.58. The molecule has 0 bridgehead atoms. The number of likely N-dealkylation sites (tertiary alicyclic amines) is 1. The van der Waals surface area contributed by atoms with Crippen molar-refractivity contribution in [3.8, 4) is 0 Å². The summed E-state index contributed by atoms with van der Waals surface area (Å²) in [5.74, 6) is 0. The number of nitrogens with two attached hydrogens (primary N) is 1. The first-order chi connectivity index (χ1) is 9.74. The molecule has 3 rings (SSSR count). The van der Waals surface area contributed by atoms with E-state index < -0.39 is 0 Å². The summed E-state index contributed by atoms with van der Waals surface area (Å²) in [7, 11) is 0. The summed E-state index contributed by atoms with van der Waals surface area (Å²) in [6.45, 7) is 4.38. The Bertz CT molecular complexity index is 591. The number of anilines is 1. The van der Waals surface area contributed by atoms with Gasteiger partial charge < -0.3 is 5.73 Å². The molecule has 0 aliphatic carbocycles. The monoisotopic (exact) mass is 266 g/mol. The highest BCUT2D eigenvalue weighted by molar-refractivity contribution is 5.40. The summed E-state index contributed by atoms with van der Waals surface area (Å²) in [5.41, 5.74) is 10.9. The van der Waals surface area contributed by atoms with Crippen molar-refractivity contribution in [1.29, 1.82) is 0 Å². The molecule has 1 aliphatic heterocycles. The van der Waals surface area contributed by atoms with Gasteiger partial charge in [-0.2, -0.15) is 0 Å². The van der Waals surface area contributed by atoms with Crippen molar-refractivity contribution >= 4 is 5.69 Å². The van der Waals surface area contributed by atoms with E-state index >= 15 is 0 Å². The minimum atomic E-state index is 0.553. The Morgan fingerprint density at radius 2 is 2.00 bits per heavy atom. The van der Waals surface area contributed by atoms with Crippen LogP contribution in [0.2, 0.25) is 0 Å². The van der Waals surface area contributed by atoms with E-state index in [9.17, 15) is 0 Å². The summed E-state index contributed by atoms with van der Waals surface area (Å²) < 4.78 is 0. The molecule has 2 aromatic carbocycles. The minimum absolute atomic E-state index is 0.553. The molecule has 0 radical (unpaired) electrons. The second kappa shape index (κ2) is 5.68. The topological polar surface area (TPSA) is 29.3 Å². The molecule has 0 aromatic heterocycles. The van der Waals surface area contributed by atoms with Crippen LogP contribution in [0.15, 0.2) is 48.5 Å². The first-order valence-corrected chi connectivity index (χ1v) is 7.38. The molecule has 2 aromatic rings. The smallest absolute Gasteiger partial charge is 0.0354 e. The average molecular weight is 266 g/mol. The molecule has 1 atom stereocenters. The van der Waals surface area contributed by atoms with E-state index in [-0.39, 0.29) is 0 Å². The van der Waals surface area contributed by atoms with Gasteiger partial charge in [-0.05, 0) is 55.1 Å². The van der Waals surface area contributed by atoms with Crippen molar-refractivity contribution in [2.45, 2.75) is 32.4 Å². The highest BCUT2D eigenvalue weighted by Gasteiger charge is 2.26. The molecule has 0 amide bonds. The zero-order chi connectivity index (χ0) is 13.9. The summed E-state index contributed by atoms with van der Waals surface area (Å²) in [5, 5.41) is 0. The van der Waals surface area contributed by atoms with Gasteiger partial charge in [-0.15, -0.1) is 0 Å². The molecule has 1 unspecified atom stereocenters. The molecular formula is C18H22N2. The van der Waals surface area contributed by atoms with Crippen molar-refractivity contribution in [3.05, 3.63) is 65.2 Å². The lowest BCUT2D eigenvalue weighted by molar-refractivity contribution is 0.248. The van der Waals surface area contributed by atoms with Gasteiger partial charge in [0.1, 0.15) is 0 Å². The fourth-order valence-electron chi connectivity index (χ4n) is 3.25. The van der Waals surface area contributed by atoms with Crippen LogP contribution >= 0.6 is 0 Å². The molecule has 0 spiro atoms. The molecular weight excluding hydrogens is 244 g/mol. The quantitative estimate of drug-likeness (QED) is 0.853. The van der Waals surface area contributed by atoms with Crippen LogP contribution in [0.5, 0.6) is 0 Å². The zero-order valence-corrected chi connectivity index (χ0v) is 12.0. The second-order valence-electron chi connectivity index (χ2n) is 5.73. The average Bonchev–Trinajstić information content (AvgIpc) is 2.87. The maximum absolute atomic E-state index is 5.88. The SMILES string of the molecule is Cc1ccccc1C1CCCN1Cc1cccc(N)c1. The number of nitrogens with zero attached hydrogens (tertiary/aromatic N) is 1. The molecule has 1 aliphatic rings. The third-order valence-corrected chi connectivity index (χ3v) is 4.25. The van der Waals surface area contributed by atoms with Crippen molar-refractivity contribution in [3.63, 3.8) is 0 Å². The number of rotatable bonds is 3. The molecule has 0 saturated carbocycles. The van der Waals surface area contributed by atoms with Crippen LogP contribution in [0.3, 0.4) is 0 Å². The predicted octanol–water partition coefficient (Wildman–Crippen LogP) is 3.91. The molecule has 2 heteroatoms. The maximum atomic E-state index is 5.88. The van der Waals surface area contributed by atoms with Crippen molar-refractivity contribution in [2.75, 3.05) is 12.3 Å². The third-order valence-electron chi connectivity index (χ3n) is 4.25. The van der Waals surface area contributed by atoms with Crippen LogP contribution in [0.25, 0.3) is 0 Å². The molecule has 1 fully saturated rings. The molecule has 1 heterocycles. The van der Waals surface area contributed by atoms with E-state index in [4.69, 9.17) is 5.73 Å². The van der Waals surface area contributed by atoms with Crippen molar-refractivity contribution in [2.24, 2.45) is 0 Å². The van der Waals surface area contributed by atoms with E-state index in [2.05, 4.69) is 48.2 Å². The van der Waals surface area contributed by atoms with Crippen LogP contribution in [0, 0.1) is 6.92 Å². The number of hydrogen-bond donors (Lipinski definition) is 1. The van der Waals surface area contributed by atoms with Crippen LogP contribution in [0.4, 0.5) is 5.69 Å². The minimum Gasteiger partial charge on any atom is -0.399 e. The number of benzene rings is 2. The Morgan fingerprint density at radius 1 is 1.15 bits per heavy atom. The zero-order valence-electron chi connectivity index (χ0n) is 12.0. The molecule has 1 saturated heterocycles. The van der Waals surface area contributed by atoms with E-state index in [1.54, 1.807) is 0 Å². The molecule has 104 valence electrons. The Labute approximate surface area is 121 Å². The van der Waals surface area contributed by atoms with Gasteiger partial charge in [0.2, 0.25) is 0 Å².